The Morgan fingerprint density at radius 2 is 1.80 bits per heavy atom. The van der Waals surface area contributed by atoms with Crippen LogP contribution in [0.5, 0.6) is 0 Å². The standard InChI is InChI=1S/C20H37N3O2/c1-5-23-12-6-7-17(23)13-21-20(25)18(14(2)3)22-19(24)16-10-8-15(4)9-11-16/h14-18H,5-13H2,1-4H3,(H,21,25)(H,22,24)/p+1/t15?,16?,17-,18-/m1/s1. The maximum atomic E-state index is 12.7. The van der Waals surface area contributed by atoms with Gasteiger partial charge in [0, 0.05) is 18.8 Å². The topological polar surface area (TPSA) is 62.6 Å². The molecule has 0 aromatic heterocycles. The average molecular weight is 353 g/mol. The third-order valence-corrected chi connectivity index (χ3v) is 6.24. The van der Waals surface area contributed by atoms with E-state index in [0.717, 1.165) is 44.7 Å². The first kappa shape index (κ1) is 20.2. The van der Waals surface area contributed by atoms with E-state index < -0.39 is 6.04 Å². The smallest absolute Gasteiger partial charge is 0.243 e. The molecule has 0 aromatic carbocycles. The normalized spacial score (nSPS) is 30.9. The number of hydrogen-bond donors (Lipinski definition) is 3. The number of quaternary nitrogens is 1. The quantitative estimate of drug-likeness (QED) is 0.643. The maximum absolute atomic E-state index is 12.7. The molecule has 2 fully saturated rings. The lowest BCUT2D eigenvalue weighted by atomic mass is 9.82. The van der Waals surface area contributed by atoms with Crippen molar-refractivity contribution < 1.29 is 14.5 Å². The van der Waals surface area contributed by atoms with Gasteiger partial charge in [-0.15, -0.1) is 0 Å². The van der Waals surface area contributed by atoms with Gasteiger partial charge in [0.2, 0.25) is 11.8 Å². The summed E-state index contributed by atoms with van der Waals surface area (Å²) in [6.07, 6.45) is 6.57. The highest BCUT2D eigenvalue weighted by Gasteiger charge is 2.32. The number of amides is 2. The summed E-state index contributed by atoms with van der Waals surface area (Å²) in [7, 11) is 0. The summed E-state index contributed by atoms with van der Waals surface area (Å²) >= 11 is 0. The number of likely N-dealkylation sites (tertiary alicyclic amines) is 1. The van der Waals surface area contributed by atoms with Crippen molar-refractivity contribution >= 4 is 11.8 Å². The van der Waals surface area contributed by atoms with Gasteiger partial charge in [0.05, 0.1) is 19.6 Å². The molecule has 3 N–H and O–H groups in total. The molecule has 0 bridgehead atoms. The Labute approximate surface area is 153 Å². The molecule has 2 rings (SSSR count). The second-order valence-electron chi connectivity index (χ2n) is 8.53. The molecule has 144 valence electrons. The molecule has 1 saturated heterocycles. The summed E-state index contributed by atoms with van der Waals surface area (Å²) in [6, 6.07) is 0.107. The summed E-state index contributed by atoms with van der Waals surface area (Å²) in [5, 5.41) is 6.15. The molecule has 1 aliphatic carbocycles. The molecule has 1 unspecified atom stereocenters. The van der Waals surface area contributed by atoms with Crippen molar-refractivity contribution in [1.82, 2.24) is 10.6 Å². The molecule has 3 atom stereocenters. The lowest BCUT2D eigenvalue weighted by Crippen LogP contribution is -3.14. The summed E-state index contributed by atoms with van der Waals surface area (Å²) in [5.74, 6) is 0.964. The number of rotatable bonds is 7. The largest absolute Gasteiger partial charge is 0.348 e. The maximum Gasteiger partial charge on any atom is 0.243 e. The van der Waals surface area contributed by atoms with Gasteiger partial charge in [-0.3, -0.25) is 9.59 Å². The molecule has 5 heteroatoms. The molecular weight excluding hydrogens is 314 g/mol. The molecule has 5 nitrogen and oxygen atoms in total. The number of carbonyl (C=O) groups is 2. The van der Waals surface area contributed by atoms with E-state index in [1.54, 1.807) is 4.90 Å². The van der Waals surface area contributed by atoms with Crippen molar-refractivity contribution in [3.8, 4) is 0 Å². The van der Waals surface area contributed by atoms with E-state index in [0.29, 0.717) is 6.04 Å². The van der Waals surface area contributed by atoms with E-state index in [1.807, 2.05) is 13.8 Å². The highest BCUT2D eigenvalue weighted by Crippen LogP contribution is 2.28. The number of nitrogens with one attached hydrogen (secondary N) is 3. The van der Waals surface area contributed by atoms with Crippen molar-refractivity contribution in [3.63, 3.8) is 0 Å². The molecule has 0 spiro atoms. The minimum Gasteiger partial charge on any atom is -0.348 e. The monoisotopic (exact) mass is 352 g/mol. The lowest BCUT2D eigenvalue weighted by Gasteiger charge is -2.29. The predicted octanol–water partition coefficient (Wildman–Crippen LogP) is 1.14. The average Bonchev–Trinajstić information content (AvgIpc) is 3.05. The van der Waals surface area contributed by atoms with E-state index >= 15 is 0 Å². The Hall–Kier alpha value is -1.10. The van der Waals surface area contributed by atoms with Gasteiger partial charge in [0.1, 0.15) is 12.1 Å². The Bertz CT molecular complexity index is 444. The lowest BCUT2D eigenvalue weighted by molar-refractivity contribution is -0.909. The number of likely N-dealkylation sites (N-methyl/N-ethyl adjacent to an activating group) is 1. The van der Waals surface area contributed by atoms with Crippen molar-refractivity contribution in [3.05, 3.63) is 0 Å². The zero-order valence-corrected chi connectivity index (χ0v) is 16.6. The first-order chi connectivity index (χ1) is 11.9. The minimum absolute atomic E-state index is 0.0186. The van der Waals surface area contributed by atoms with Crippen molar-refractivity contribution in [2.24, 2.45) is 17.8 Å². The highest BCUT2D eigenvalue weighted by atomic mass is 16.2. The predicted molar refractivity (Wildman–Crippen MR) is 100 cm³/mol. The molecule has 0 radical (unpaired) electrons. The van der Waals surface area contributed by atoms with E-state index in [4.69, 9.17) is 0 Å². The summed E-state index contributed by atoms with van der Waals surface area (Å²) in [4.78, 5) is 26.8. The van der Waals surface area contributed by atoms with Crippen LogP contribution in [0.4, 0.5) is 0 Å². The Morgan fingerprint density at radius 1 is 1.12 bits per heavy atom. The number of carbonyl (C=O) groups excluding carboxylic acids is 2. The molecule has 1 aliphatic heterocycles. The van der Waals surface area contributed by atoms with Gasteiger partial charge in [0.25, 0.3) is 0 Å². The van der Waals surface area contributed by atoms with Crippen LogP contribution in [0, 0.1) is 17.8 Å². The van der Waals surface area contributed by atoms with Crippen LogP contribution in [-0.4, -0.2) is 43.5 Å². The molecule has 2 aliphatic rings. The van der Waals surface area contributed by atoms with E-state index in [9.17, 15) is 9.59 Å². The van der Waals surface area contributed by atoms with Gasteiger partial charge in [0.15, 0.2) is 0 Å². The number of hydrogen-bond acceptors (Lipinski definition) is 2. The Kier molecular flexibility index (Phi) is 7.73. The van der Waals surface area contributed by atoms with Gasteiger partial charge in [-0.2, -0.15) is 0 Å². The van der Waals surface area contributed by atoms with E-state index in [1.165, 1.54) is 19.4 Å². The van der Waals surface area contributed by atoms with Gasteiger partial charge < -0.3 is 15.5 Å². The van der Waals surface area contributed by atoms with Crippen LogP contribution < -0.4 is 15.5 Å². The van der Waals surface area contributed by atoms with Gasteiger partial charge in [-0.1, -0.05) is 20.8 Å². The van der Waals surface area contributed by atoms with E-state index in [2.05, 4.69) is 24.5 Å². The Morgan fingerprint density at radius 3 is 2.40 bits per heavy atom. The van der Waals surface area contributed by atoms with Crippen LogP contribution >= 0.6 is 0 Å². The first-order valence-electron chi connectivity index (χ1n) is 10.3. The van der Waals surface area contributed by atoms with Crippen molar-refractivity contribution in [2.75, 3.05) is 19.6 Å². The second-order valence-corrected chi connectivity index (χ2v) is 8.53. The summed E-state index contributed by atoms with van der Waals surface area (Å²) in [6.45, 7) is 11.5. The van der Waals surface area contributed by atoms with Crippen LogP contribution in [0.1, 0.15) is 66.2 Å². The fourth-order valence-electron chi connectivity index (χ4n) is 4.36. The Balaban J connectivity index is 1.84. The van der Waals surface area contributed by atoms with Gasteiger partial charge >= 0.3 is 0 Å². The van der Waals surface area contributed by atoms with Crippen LogP contribution in [-0.2, 0) is 9.59 Å². The molecule has 1 heterocycles. The van der Waals surface area contributed by atoms with Crippen LogP contribution in [0.3, 0.4) is 0 Å². The van der Waals surface area contributed by atoms with Crippen molar-refractivity contribution in [1.29, 1.82) is 0 Å². The SMILES string of the molecule is CC[NH+]1CCC[C@@H]1CNC(=O)[C@H](NC(=O)C1CCC(C)CC1)C(C)C. The van der Waals surface area contributed by atoms with Crippen LogP contribution in [0.15, 0.2) is 0 Å². The third-order valence-electron chi connectivity index (χ3n) is 6.24. The van der Waals surface area contributed by atoms with Gasteiger partial charge in [-0.05, 0) is 44.4 Å². The van der Waals surface area contributed by atoms with Gasteiger partial charge in [-0.25, -0.2) is 0 Å². The summed E-state index contributed by atoms with van der Waals surface area (Å²) < 4.78 is 0. The van der Waals surface area contributed by atoms with Crippen LogP contribution in [0.2, 0.25) is 0 Å². The third kappa shape index (κ3) is 5.70. The molecule has 0 aromatic rings. The second kappa shape index (κ2) is 9.56. The van der Waals surface area contributed by atoms with E-state index in [-0.39, 0.29) is 23.7 Å². The first-order valence-corrected chi connectivity index (χ1v) is 10.3. The zero-order valence-electron chi connectivity index (χ0n) is 16.6. The zero-order chi connectivity index (χ0) is 18.4. The van der Waals surface area contributed by atoms with Crippen molar-refractivity contribution in [2.45, 2.75) is 78.3 Å². The molecular formula is C20H38N3O2+. The van der Waals surface area contributed by atoms with Crippen LogP contribution in [0.25, 0.3) is 0 Å². The highest BCUT2D eigenvalue weighted by molar-refractivity contribution is 5.88. The minimum atomic E-state index is -0.418. The molecule has 1 saturated carbocycles. The fraction of sp³-hybridized carbons (Fsp3) is 0.900. The molecule has 2 amide bonds. The summed E-state index contributed by atoms with van der Waals surface area (Å²) in [5.41, 5.74) is 0. The fourth-order valence-corrected chi connectivity index (χ4v) is 4.36. The molecule has 25 heavy (non-hydrogen) atoms.